The number of hydrogen-bond donors (Lipinski definition) is 1. The molecule has 1 aliphatic heterocycles. The van der Waals surface area contributed by atoms with Gasteiger partial charge in [-0.25, -0.2) is 18.5 Å². The van der Waals surface area contributed by atoms with Crippen LogP contribution in [0.3, 0.4) is 0 Å². The molecule has 2 N–H and O–H groups in total. The maximum Gasteiger partial charge on any atom is 0.313 e. The average Bonchev–Trinajstić information content (AvgIpc) is 2.74. The van der Waals surface area contributed by atoms with Crippen LogP contribution in [0.4, 0.5) is 11.5 Å². The molecule has 12 heteroatoms. The quantitative estimate of drug-likeness (QED) is 0.453. The van der Waals surface area contributed by atoms with Crippen LogP contribution >= 0.6 is 27.5 Å². The number of anilines is 1. The maximum atomic E-state index is 11.9. The van der Waals surface area contributed by atoms with Gasteiger partial charge < -0.3 is 0 Å². The van der Waals surface area contributed by atoms with E-state index in [1.54, 1.807) is 0 Å². The Hall–Kier alpha value is -1.30. The molecular formula is C9H8BrClN4O5S. The maximum absolute atomic E-state index is 11.9. The Bertz CT molecular complexity index is 740. The zero-order valence-corrected chi connectivity index (χ0v) is 13.4. The molecule has 1 saturated heterocycles. The van der Waals surface area contributed by atoms with Crippen molar-refractivity contribution < 1.29 is 18.1 Å². The standard InChI is InChI=1S/C9H8BrClN4O5S/c10-5-2-6(15(17)18)9(13-8(5)11)14-3-4(1-7(14)16)21(12,19)20/h2,4H,1,3H2,(H2,12,19,20). The fourth-order valence-corrected chi connectivity index (χ4v) is 3.05. The minimum atomic E-state index is -3.93. The Morgan fingerprint density at radius 2 is 2.19 bits per heavy atom. The first-order chi connectivity index (χ1) is 9.61. The molecule has 9 nitrogen and oxygen atoms in total. The highest BCUT2D eigenvalue weighted by Gasteiger charge is 2.40. The van der Waals surface area contributed by atoms with E-state index in [-0.39, 0.29) is 28.4 Å². The number of nitrogens with zero attached hydrogens (tertiary/aromatic N) is 3. The largest absolute Gasteiger partial charge is 0.313 e. The summed E-state index contributed by atoms with van der Waals surface area (Å²) in [7, 11) is -3.93. The first kappa shape index (κ1) is 16.1. The van der Waals surface area contributed by atoms with E-state index in [0.717, 1.165) is 11.0 Å². The topological polar surface area (TPSA) is 136 Å². The van der Waals surface area contributed by atoms with Gasteiger partial charge in [-0.05, 0) is 15.9 Å². The number of nitrogens with two attached hydrogens (primary N) is 1. The van der Waals surface area contributed by atoms with Crippen molar-refractivity contribution in [2.24, 2.45) is 5.14 Å². The van der Waals surface area contributed by atoms with Crippen molar-refractivity contribution in [3.05, 3.63) is 25.8 Å². The summed E-state index contributed by atoms with van der Waals surface area (Å²) in [6.07, 6.45) is -0.356. The van der Waals surface area contributed by atoms with E-state index in [9.17, 15) is 23.3 Å². The molecule has 1 atom stereocenters. The Morgan fingerprint density at radius 3 is 2.67 bits per heavy atom. The second kappa shape index (κ2) is 5.48. The number of sulfonamides is 1. The van der Waals surface area contributed by atoms with Crippen LogP contribution < -0.4 is 10.0 Å². The van der Waals surface area contributed by atoms with E-state index in [4.69, 9.17) is 16.7 Å². The van der Waals surface area contributed by atoms with Gasteiger partial charge >= 0.3 is 5.69 Å². The third-order valence-electron chi connectivity index (χ3n) is 2.90. The number of carbonyl (C=O) groups is 1. The second-order valence-corrected chi connectivity index (χ2v) is 7.34. The van der Waals surface area contributed by atoms with Gasteiger partial charge in [0.1, 0.15) is 10.4 Å². The molecule has 21 heavy (non-hydrogen) atoms. The molecule has 0 spiro atoms. The minimum Gasteiger partial charge on any atom is -0.290 e. The number of halogens is 2. The van der Waals surface area contributed by atoms with Gasteiger partial charge in [-0.3, -0.25) is 19.8 Å². The van der Waals surface area contributed by atoms with Gasteiger partial charge in [-0.1, -0.05) is 11.6 Å². The minimum absolute atomic E-state index is 0.0811. The van der Waals surface area contributed by atoms with E-state index < -0.39 is 31.8 Å². The van der Waals surface area contributed by atoms with Crippen LogP contribution in [0.15, 0.2) is 10.5 Å². The highest BCUT2D eigenvalue weighted by molar-refractivity contribution is 9.10. The van der Waals surface area contributed by atoms with Crippen molar-refractivity contribution in [2.45, 2.75) is 11.7 Å². The number of nitro groups is 1. The van der Waals surface area contributed by atoms with Crippen molar-refractivity contribution >= 4 is 55.0 Å². The van der Waals surface area contributed by atoms with E-state index in [1.165, 1.54) is 0 Å². The van der Waals surface area contributed by atoms with Crippen molar-refractivity contribution in [2.75, 3.05) is 11.4 Å². The van der Waals surface area contributed by atoms with Gasteiger partial charge in [-0.2, -0.15) is 0 Å². The first-order valence-electron chi connectivity index (χ1n) is 5.43. The lowest BCUT2D eigenvalue weighted by Gasteiger charge is -2.15. The van der Waals surface area contributed by atoms with Crippen molar-refractivity contribution in [1.82, 2.24) is 4.98 Å². The summed E-state index contributed by atoms with van der Waals surface area (Å²) in [5, 5.41) is 14.8. The van der Waals surface area contributed by atoms with Crippen LogP contribution in [0.5, 0.6) is 0 Å². The Kier molecular flexibility index (Phi) is 4.19. The van der Waals surface area contributed by atoms with E-state index in [2.05, 4.69) is 20.9 Å². The fourth-order valence-electron chi connectivity index (χ4n) is 1.88. The second-order valence-electron chi connectivity index (χ2n) is 4.28. The van der Waals surface area contributed by atoms with Crippen LogP contribution in [-0.4, -0.2) is 36.0 Å². The number of amides is 1. The lowest BCUT2D eigenvalue weighted by atomic mass is 10.3. The summed E-state index contributed by atoms with van der Waals surface area (Å²) < 4.78 is 22.8. The molecule has 0 saturated carbocycles. The van der Waals surface area contributed by atoms with E-state index >= 15 is 0 Å². The zero-order chi connectivity index (χ0) is 15.9. The fraction of sp³-hybridized carbons (Fsp3) is 0.333. The molecule has 1 aromatic heterocycles. The Morgan fingerprint density at radius 1 is 1.57 bits per heavy atom. The molecule has 2 rings (SSSR count). The highest BCUT2D eigenvalue weighted by atomic mass is 79.9. The number of hydrogen-bond acceptors (Lipinski definition) is 6. The van der Waals surface area contributed by atoms with Crippen LogP contribution in [-0.2, 0) is 14.8 Å². The normalized spacial score (nSPS) is 19.1. The molecule has 114 valence electrons. The predicted octanol–water partition coefficient (Wildman–Crippen LogP) is 0.800. The number of aromatic nitrogens is 1. The van der Waals surface area contributed by atoms with Crippen molar-refractivity contribution in [3.8, 4) is 0 Å². The SMILES string of the molecule is NS(=O)(=O)C1CC(=O)N(c2nc(Cl)c(Br)cc2[N+](=O)[O-])C1. The molecule has 2 heterocycles. The zero-order valence-electron chi connectivity index (χ0n) is 10.2. The molecule has 0 aliphatic carbocycles. The number of rotatable bonds is 3. The summed E-state index contributed by atoms with van der Waals surface area (Å²) in [6, 6.07) is 1.10. The van der Waals surface area contributed by atoms with Crippen molar-refractivity contribution in [1.29, 1.82) is 0 Å². The monoisotopic (exact) mass is 398 g/mol. The lowest BCUT2D eigenvalue weighted by molar-refractivity contribution is -0.384. The van der Waals surface area contributed by atoms with Gasteiger partial charge in [0, 0.05) is 19.0 Å². The van der Waals surface area contributed by atoms with E-state index in [0.29, 0.717) is 0 Å². The molecule has 0 radical (unpaired) electrons. The average molecular weight is 400 g/mol. The molecule has 1 aromatic rings. The van der Waals surface area contributed by atoms with Crippen LogP contribution in [0.25, 0.3) is 0 Å². The summed E-state index contributed by atoms with van der Waals surface area (Å²) in [6.45, 7) is -0.302. The van der Waals surface area contributed by atoms with Gasteiger partial charge in [0.05, 0.1) is 9.40 Å². The van der Waals surface area contributed by atoms with Gasteiger partial charge in [-0.15, -0.1) is 0 Å². The smallest absolute Gasteiger partial charge is 0.290 e. The molecule has 1 fully saturated rings. The van der Waals surface area contributed by atoms with Crippen LogP contribution in [0, 0.1) is 10.1 Å². The number of primary sulfonamides is 1. The van der Waals surface area contributed by atoms with E-state index in [1.807, 2.05) is 0 Å². The number of pyridine rings is 1. The molecule has 0 bridgehead atoms. The van der Waals surface area contributed by atoms with Crippen molar-refractivity contribution in [3.63, 3.8) is 0 Å². The van der Waals surface area contributed by atoms with Gasteiger partial charge in [0.2, 0.25) is 21.7 Å². The first-order valence-corrected chi connectivity index (χ1v) is 8.21. The summed E-state index contributed by atoms with van der Waals surface area (Å²) in [5.74, 6) is -0.924. The summed E-state index contributed by atoms with van der Waals surface area (Å²) in [5.41, 5.74) is -0.463. The third-order valence-corrected chi connectivity index (χ3v) is 5.27. The lowest BCUT2D eigenvalue weighted by Crippen LogP contribution is -2.32. The molecule has 1 aliphatic rings. The highest BCUT2D eigenvalue weighted by Crippen LogP contribution is 2.35. The molecule has 0 aromatic carbocycles. The van der Waals surface area contributed by atoms with Crippen LogP contribution in [0.1, 0.15) is 6.42 Å². The summed E-state index contributed by atoms with van der Waals surface area (Å²) >= 11 is 8.78. The molecular weight excluding hydrogens is 392 g/mol. The van der Waals surface area contributed by atoms with Gasteiger partial charge in [0.25, 0.3) is 0 Å². The Labute approximate surface area is 132 Å². The van der Waals surface area contributed by atoms with Crippen LogP contribution in [0.2, 0.25) is 5.15 Å². The Balaban J connectivity index is 2.50. The predicted molar refractivity (Wildman–Crippen MR) is 77.5 cm³/mol. The molecule has 1 unspecified atom stereocenters. The number of carbonyl (C=O) groups excluding carboxylic acids is 1. The third kappa shape index (κ3) is 3.15. The van der Waals surface area contributed by atoms with Gasteiger partial charge in [0.15, 0.2) is 0 Å². The molecule has 1 amide bonds. The summed E-state index contributed by atoms with van der Waals surface area (Å²) in [4.78, 5) is 26.9.